The number of esters is 3. The Labute approximate surface area is 431 Å². The lowest BCUT2D eigenvalue weighted by molar-refractivity contribution is -0.150. The fraction of sp³-hybridized carbons (Fsp3) is 0.600. The zero-order valence-corrected chi connectivity index (χ0v) is 43.9. The standard InChI is InChI=1S/C60H87N3O9/c1-4-7-10-13-16-28-37-70-58(67)52(40-46-31-22-19-23-32-46)61-55(64)49-43-50(56(65)62-53(41-47-33-24-20-25-34-47)59(68)71-38-29-17-14-11-8-5-2)45-51(44-49)57(66)63-54(42-48-35-26-21-27-36-48)60(69)72-39-30-18-15-12-9-6-3/h19-27,31-36,49-54H,4-18,28-30,37-45H2,1-3H3,(H,61,64)(H,62,65)(H,63,66)/t49-,50+,51-,52-,53?,54?/m0/s1. The topological polar surface area (TPSA) is 166 Å². The van der Waals surface area contributed by atoms with Crippen LogP contribution < -0.4 is 16.0 Å². The van der Waals surface area contributed by atoms with Crippen molar-refractivity contribution in [2.45, 2.75) is 193 Å². The first kappa shape index (κ1) is 59.0. The zero-order valence-electron chi connectivity index (χ0n) is 43.9. The maximum atomic E-state index is 14.6. The molecule has 0 heterocycles. The van der Waals surface area contributed by atoms with Crippen LogP contribution in [0.3, 0.4) is 0 Å². The van der Waals surface area contributed by atoms with Crippen LogP contribution in [-0.4, -0.2) is 73.6 Å². The molecule has 0 bridgehead atoms. The average Bonchev–Trinajstić information content (AvgIpc) is 3.40. The van der Waals surface area contributed by atoms with Gasteiger partial charge in [0.15, 0.2) is 0 Å². The Morgan fingerprint density at radius 2 is 0.611 bits per heavy atom. The second-order valence-corrected chi connectivity index (χ2v) is 19.9. The molecule has 1 saturated carbocycles. The minimum absolute atomic E-state index is 0.0604. The van der Waals surface area contributed by atoms with E-state index in [1.807, 2.05) is 91.0 Å². The van der Waals surface area contributed by atoms with Gasteiger partial charge in [-0.3, -0.25) is 14.4 Å². The van der Waals surface area contributed by atoms with Gasteiger partial charge in [-0.2, -0.15) is 0 Å². The third kappa shape index (κ3) is 23.4. The van der Waals surface area contributed by atoms with Crippen LogP contribution in [0.15, 0.2) is 91.0 Å². The number of nitrogens with one attached hydrogen (secondary N) is 3. The quantitative estimate of drug-likeness (QED) is 0.0292. The van der Waals surface area contributed by atoms with Crippen molar-refractivity contribution in [2.24, 2.45) is 17.8 Å². The van der Waals surface area contributed by atoms with Crippen molar-refractivity contribution in [3.63, 3.8) is 0 Å². The molecule has 12 nitrogen and oxygen atoms in total. The van der Waals surface area contributed by atoms with Gasteiger partial charge in [0, 0.05) is 37.0 Å². The second kappa shape index (κ2) is 35.6. The molecular formula is C60H87N3O9. The Bertz CT molecular complexity index is 1770. The van der Waals surface area contributed by atoms with Gasteiger partial charge in [0.05, 0.1) is 19.8 Å². The van der Waals surface area contributed by atoms with Crippen molar-refractivity contribution in [3.8, 4) is 0 Å². The lowest BCUT2D eigenvalue weighted by Gasteiger charge is -2.34. The van der Waals surface area contributed by atoms with E-state index in [4.69, 9.17) is 14.2 Å². The Balaban J connectivity index is 1.58. The minimum atomic E-state index is -1.02. The molecule has 3 N–H and O–H groups in total. The highest BCUT2D eigenvalue weighted by Gasteiger charge is 2.42. The van der Waals surface area contributed by atoms with E-state index in [-0.39, 0.29) is 58.3 Å². The summed E-state index contributed by atoms with van der Waals surface area (Å²) in [5.74, 6) is -5.74. The smallest absolute Gasteiger partial charge is 0.328 e. The fourth-order valence-corrected chi connectivity index (χ4v) is 9.43. The van der Waals surface area contributed by atoms with Crippen LogP contribution in [0.2, 0.25) is 0 Å². The van der Waals surface area contributed by atoms with Gasteiger partial charge in [-0.25, -0.2) is 14.4 Å². The van der Waals surface area contributed by atoms with E-state index in [0.717, 1.165) is 113 Å². The third-order valence-electron chi connectivity index (χ3n) is 13.7. The number of hydrogen-bond donors (Lipinski definition) is 3. The summed E-state index contributed by atoms with van der Waals surface area (Å²) in [7, 11) is 0. The predicted octanol–water partition coefficient (Wildman–Crippen LogP) is 10.9. The number of rotatable bonds is 36. The van der Waals surface area contributed by atoms with Crippen molar-refractivity contribution in [2.75, 3.05) is 19.8 Å². The van der Waals surface area contributed by atoms with Gasteiger partial charge in [-0.1, -0.05) is 208 Å². The van der Waals surface area contributed by atoms with E-state index in [0.29, 0.717) is 19.3 Å². The fourth-order valence-electron chi connectivity index (χ4n) is 9.43. The van der Waals surface area contributed by atoms with Crippen molar-refractivity contribution in [1.29, 1.82) is 0 Å². The summed E-state index contributed by atoms with van der Waals surface area (Å²) < 4.78 is 17.3. The Kier molecular flexibility index (Phi) is 29.2. The number of carbonyl (C=O) groups excluding carboxylic acids is 6. The number of amides is 3. The molecule has 0 aromatic heterocycles. The molecule has 1 aliphatic rings. The molecule has 0 radical (unpaired) electrons. The van der Waals surface area contributed by atoms with Gasteiger partial charge < -0.3 is 30.2 Å². The van der Waals surface area contributed by atoms with Crippen molar-refractivity contribution in [1.82, 2.24) is 16.0 Å². The molecule has 2 unspecified atom stereocenters. The predicted molar refractivity (Wildman–Crippen MR) is 284 cm³/mol. The summed E-state index contributed by atoms with van der Waals surface area (Å²) in [6, 6.07) is 25.1. The summed E-state index contributed by atoms with van der Waals surface area (Å²) in [6.07, 6.45) is 19.2. The molecule has 3 aromatic carbocycles. The molecule has 0 spiro atoms. The number of hydrogen-bond acceptors (Lipinski definition) is 9. The summed E-state index contributed by atoms with van der Waals surface area (Å²) >= 11 is 0. The van der Waals surface area contributed by atoms with Gasteiger partial charge in [0.25, 0.3) is 0 Å². The largest absolute Gasteiger partial charge is 0.464 e. The van der Waals surface area contributed by atoms with E-state index in [1.165, 1.54) is 0 Å². The zero-order chi connectivity index (χ0) is 51.6. The summed E-state index contributed by atoms with van der Waals surface area (Å²) in [5.41, 5.74) is 2.49. The Hall–Kier alpha value is -5.52. The molecular weight excluding hydrogens is 907 g/mol. The number of unbranched alkanes of at least 4 members (excludes halogenated alkanes) is 15. The van der Waals surface area contributed by atoms with Crippen molar-refractivity contribution in [3.05, 3.63) is 108 Å². The lowest BCUT2D eigenvalue weighted by atomic mass is 9.73. The highest BCUT2D eigenvalue weighted by atomic mass is 16.5. The SMILES string of the molecule is CCCCCCCCOC(=O)C(Cc1ccccc1)NC(=O)[C@@H]1C[C@H](C(=O)NC(Cc2ccccc2)C(=O)OCCCCCCCC)C[C@H](C(=O)N[C@@H](Cc2ccccc2)C(=O)OCCCCCCCC)C1. The highest BCUT2D eigenvalue weighted by Crippen LogP contribution is 2.35. The number of benzene rings is 3. The second-order valence-electron chi connectivity index (χ2n) is 19.9. The van der Waals surface area contributed by atoms with Crippen LogP contribution in [0.4, 0.5) is 0 Å². The molecule has 0 saturated heterocycles. The first-order valence-electron chi connectivity index (χ1n) is 27.6. The Morgan fingerprint density at radius 3 is 0.861 bits per heavy atom. The normalized spacial score (nSPS) is 16.6. The van der Waals surface area contributed by atoms with E-state index >= 15 is 0 Å². The summed E-state index contributed by atoms with van der Waals surface area (Å²) in [5, 5.41) is 8.91. The van der Waals surface area contributed by atoms with E-state index < -0.39 is 71.5 Å². The number of ether oxygens (including phenoxy) is 3. The lowest BCUT2D eigenvalue weighted by Crippen LogP contribution is -2.52. The molecule has 12 heteroatoms. The molecule has 0 aliphatic heterocycles. The van der Waals surface area contributed by atoms with Crippen molar-refractivity contribution >= 4 is 35.6 Å². The third-order valence-corrected chi connectivity index (χ3v) is 13.7. The highest BCUT2D eigenvalue weighted by molar-refractivity contribution is 5.91. The van der Waals surface area contributed by atoms with E-state index in [2.05, 4.69) is 36.7 Å². The van der Waals surface area contributed by atoms with E-state index in [9.17, 15) is 28.8 Å². The maximum Gasteiger partial charge on any atom is 0.328 e. The van der Waals surface area contributed by atoms with Crippen LogP contribution in [0, 0.1) is 17.8 Å². The minimum Gasteiger partial charge on any atom is -0.464 e. The molecule has 72 heavy (non-hydrogen) atoms. The van der Waals surface area contributed by atoms with Gasteiger partial charge in [0.2, 0.25) is 17.7 Å². The number of carbonyl (C=O) groups is 6. The molecule has 6 atom stereocenters. The molecule has 4 rings (SSSR count). The summed E-state index contributed by atoms with van der Waals surface area (Å²) in [4.78, 5) is 85.1. The first-order chi connectivity index (χ1) is 35.1. The maximum absolute atomic E-state index is 14.6. The van der Waals surface area contributed by atoms with Crippen LogP contribution in [0.5, 0.6) is 0 Å². The summed E-state index contributed by atoms with van der Waals surface area (Å²) in [6.45, 7) is 7.20. The molecule has 1 fully saturated rings. The first-order valence-corrected chi connectivity index (χ1v) is 27.6. The van der Waals surface area contributed by atoms with Crippen LogP contribution >= 0.6 is 0 Å². The van der Waals surface area contributed by atoms with Crippen LogP contribution in [-0.2, 0) is 62.2 Å². The van der Waals surface area contributed by atoms with Gasteiger partial charge in [0.1, 0.15) is 18.1 Å². The van der Waals surface area contributed by atoms with Crippen LogP contribution in [0.1, 0.15) is 172 Å². The van der Waals surface area contributed by atoms with Gasteiger partial charge in [-0.05, 0) is 55.2 Å². The van der Waals surface area contributed by atoms with E-state index in [1.54, 1.807) is 0 Å². The van der Waals surface area contributed by atoms with Gasteiger partial charge in [-0.15, -0.1) is 0 Å². The monoisotopic (exact) mass is 994 g/mol. The van der Waals surface area contributed by atoms with Crippen LogP contribution in [0.25, 0.3) is 0 Å². The molecule has 3 amide bonds. The molecule has 1 aliphatic carbocycles. The average molecular weight is 994 g/mol. The molecule has 3 aromatic rings. The van der Waals surface area contributed by atoms with Gasteiger partial charge >= 0.3 is 17.9 Å². The van der Waals surface area contributed by atoms with Crippen molar-refractivity contribution < 1.29 is 43.0 Å². The molecule has 396 valence electrons. The Morgan fingerprint density at radius 1 is 0.375 bits per heavy atom.